The fraction of sp³-hybridized carbons (Fsp3) is 1.00. The second-order valence-corrected chi connectivity index (χ2v) is 5.17. The third-order valence-corrected chi connectivity index (χ3v) is 3.37. The Labute approximate surface area is 80.2 Å². The largest absolute Gasteiger partial charge is 0.375 e. The van der Waals surface area contributed by atoms with E-state index >= 15 is 0 Å². The summed E-state index contributed by atoms with van der Waals surface area (Å²) in [6, 6.07) is 0. The molecule has 13 heavy (non-hydrogen) atoms. The minimum atomic E-state index is 0.0972. The van der Waals surface area contributed by atoms with E-state index in [9.17, 15) is 0 Å². The van der Waals surface area contributed by atoms with Crippen molar-refractivity contribution < 1.29 is 15.4 Å². The molecule has 76 valence electrons. The second kappa shape index (κ2) is 3.23. The molecule has 0 aromatic heterocycles. The van der Waals surface area contributed by atoms with Crippen molar-refractivity contribution in [3.63, 3.8) is 0 Å². The van der Waals surface area contributed by atoms with Crippen molar-refractivity contribution in [3.05, 3.63) is 0 Å². The number of ether oxygens (including phenoxy) is 1. The molecule has 2 fully saturated rings. The molecular formula is C10H22N2O+2. The summed E-state index contributed by atoms with van der Waals surface area (Å²) in [7, 11) is 0. The maximum absolute atomic E-state index is 5.76. The molecule has 2 aliphatic rings. The van der Waals surface area contributed by atoms with Crippen LogP contribution >= 0.6 is 0 Å². The molecule has 0 aromatic rings. The predicted octanol–water partition coefficient (Wildman–Crippen LogP) is -1.55. The Bertz CT molecular complexity index is 180. The number of piperazine rings is 1. The maximum Gasteiger partial charge on any atom is 0.150 e. The van der Waals surface area contributed by atoms with Crippen LogP contribution in [0.3, 0.4) is 0 Å². The molecule has 3 heteroatoms. The van der Waals surface area contributed by atoms with Crippen molar-refractivity contribution >= 4 is 0 Å². The van der Waals surface area contributed by atoms with Crippen LogP contribution in [0.5, 0.6) is 0 Å². The SMILES string of the molecule is CC1(C)C[C@]2(CCO1)C[NH2+]CC[NH2+]2. The molecule has 0 amide bonds. The van der Waals surface area contributed by atoms with E-state index < -0.39 is 0 Å². The molecule has 2 aliphatic heterocycles. The first kappa shape index (κ1) is 9.44. The van der Waals surface area contributed by atoms with Gasteiger partial charge >= 0.3 is 0 Å². The summed E-state index contributed by atoms with van der Waals surface area (Å²) in [6.07, 6.45) is 2.43. The van der Waals surface area contributed by atoms with Gasteiger partial charge in [-0.3, -0.25) is 0 Å². The van der Waals surface area contributed by atoms with Gasteiger partial charge in [0.25, 0.3) is 0 Å². The summed E-state index contributed by atoms with van der Waals surface area (Å²) < 4.78 is 5.76. The molecule has 0 radical (unpaired) electrons. The monoisotopic (exact) mass is 186 g/mol. The smallest absolute Gasteiger partial charge is 0.150 e. The maximum atomic E-state index is 5.76. The van der Waals surface area contributed by atoms with E-state index in [-0.39, 0.29) is 5.60 Å². The van der Waals surface area contributed by atoms with Gasteiger partial charge in [-0.2, -0.15) is 0 Å². The molecule has 4 N–H and O–H groups in total. The summed E-state index contributed by atoms with van der Waals surface area (Å²) in [5, 5.41) is 5.01. The Morgan fingerprint density at radius 2 is 2.08 bits per heavy atom. The third-order valence-electron chi connectivity index (χ3n) is 3.37. The van der Waals surface area contributed by atoms with E-state index in [1.54, 1.807) is 0 Å². The van der Waals surface area contributed by atoms with Crippen LogP contribution < -0.4 is 10.6 Å². The first-order valence-electron chi connectivity index (χ1n) is 5.42. The molecule has 0 unspecified atom stereocenters. The van der Waals surface area contributed by atoms with E-state index in [2.05, 4.69) is 24.5 Å². The molecule has 0 saturated carbocycles. The van der Waals surface area contributed by atoms with E-state index in [0.29, 0.717) is 5.54 Å². The normalized spacial score (nSPS) is 39.2. The highest BCUT2D eigenvalue weighted by Crippen LogP contribution is 2.28. The van der Waals surface area contributed by atoms with Crippen molar-refractivity contribution in [2.24, 2.45) is 0 Å². The van der Waals surface area contributed by atoms with Crippen LogP contribution in [-0.2, 0) is 4.74 Å². The molecule has 0 bridgehead atoms. The third kappa shape index (κ3) is 2.03. The number of nitrogens with two attached hydrogens (primary N) is 2. The summed E-state index contributed by atoms with van der Waals surface area (Å²) >= 11 is 0. The van der Waals surface area contributed by atoms with Gasteiger partial charge in [-0.05, 0) is 13.8 Å². The van der Waals surface area contributed by atoms with Crippen LogP contribution in [0, 0.1) is 0 Å². The molecule has 1 spiro atoms. The summed E-state index contributed by atoms with van der Waals surface area (Å²) in [5.41, 5.74) is 0.583. The van der Waals surface area contributed by atoms with E-state index in [0.717, 1.165) is 6.61 Å². The molecule has 2 heterocycles. The zero-order valence-electron chi connectivity index (χ0n) is 8.81. The molecule has 3 nitrogen and oxygen atoms in total. The molecule has 0 aromatic carbocycles. The van der Waals surface area contributed by atoms with Gasteiger partial charge < -0.3 is 15.4 Å². The zero-order valence-corrected chi connectivity index (χ0v) is 8.81. The Balaban J connectivity index is 2.04. The highest BCUT2D eigenvalue weighted by Gasteiger charge is 2.46. The first-order chi connectivity index (χ1) is 6.12. The van der Waals surface area contributed by atoms with Gasteiger partial charge in [-0.15, -0.1) is 0 Å². The Hall–Kier alpha value is -0.120. The quantitative estimate of drug-likeness (QED) is 0.473. The number of rotatable bonds is 0. The standard InChI is InChI=1S/C10H20N2O/c1-9(2)7-10(3-6-13-9)8-11-4-5-12-10/h11-12H,3-8H2,1-2H3/p+2/t10-/m1/s1. The molecule has 2 rings (SSSR count). The highest BCUT2D eigenvalue weighted by molar-refractivity contribution is 4.89. The average Bonchev–Trinajstić information content (AvgIpc) is 2.03. The fourth-order valence-electron chi connectivity index (χ4n) is 2.85. The molecule has 1 atom stereocenters. The Morgan fingerprint density at radius 3 is 2.69 bits per heavy atom. The summed E-state index contributed by atoms with van der Waals surface area (Å²) in [6.45, 7) is 9.21. The Morgan fingerprint density at radius 1 is 1.23 bits per heavy atom. The van der Waals surface area contributed by atoms with Gasteiger partial charge in [-0.1, -0.05) is 0 Å². The van der Waals surface area contributed by atoms with Crippen LogP contribution in [-0.4, -0.2) is 37.4 Å². The lowest BCUT2D eigenvalue weighted by atomic mass is 9.80. The molecule has 2 saturated heterocycles. The van der Waals surface area contributed by atoms with E-state index in [1.807, 2.05) is 0 Å². The Kier molecular flexibility index (Phi) is 2.34. The number of hydrogen-bond acceptors (Lipinski definition) is 1. The van der Waals surface area contributed by atoms with Crippen LogP contribution in [0.25, 0.3) is 0 Å². The van der Waals surface area contributed by atoms with Gasteiger partial charge in [0.2, 0.25) is 0 Å². The zero-order chi connectivity index (χ0) is 9.36. The van der Waals surface area contributed by atoms with Gasteiger partial charge in [-0.25, -0.2) is 0 Å². The lowest BCUT2D eigenvalue weighted by Gasteiger charge is -2.43. The minimum Gasteiger partial charge on any atom is -0.375 e. The average molecular weight is 186 g/mol. The van der Waals surface area contributed by atoms with Crippen LogP contribution in [0.15, 0.2) is 0 Å². The molecular weight excluding hydrogens is 164 g/mol. The topological polar surface area (TPSA) is 42.5 Å². The van der Waals surface area contributed by atoms with Crippen molar-refractivity contribution in [1.82, 2.24) is 0 Å². The van der Waals surface area contributed by atoms with Crippen molar-refractivity contribution in [3.8, 4) is 0 Å². The minimum absolute atomic E-state index is 0.0972. The van der Waals surface area contributed by atoms with Crippen molar-refractivity contribution in [1.29, 1.82) is 0 Å². The summed E-state index contributed by atoms with van der Waals surface area (Å²) in [5.74, 6) is 0. The van der Waals surface area contributed by atoms with Gasteiger partial charge in [0.15, 0.2) is 5.54 Å². The van der Waals surface area contributed by atoms with Gasteiger partial charge in [0, 0.05) is 12.8 Å². The lowest BCUT2D eigenvalue weighted by Crippen LogP contribution is -3.13. The van der Waals surface area contributed by atoms with Crippen LogP contribution in [0.1, 0.15) is 26.7 Å². The van der Waals surface area contributed by atoms with E-state index in [4.69, 9.17) is 4.74 Å². The number of hydrogen-bond donors (Lipinski definition) is 2. The van der Waals surface area contributed by atoms with Crippen molar-refractivity contribution in [2.45, 2.75) is 37.8 Å². The molecule has 0 aliphatic carbocycles. The van der Waals surface area contributed by atoms with Crippen LogP contribution in [0.4, 0.5) is 0 Å². The van der Waals surface area contributed by atoms with E-state index in [1.165, 1.54) is 32.5 Å². The van der Waals surface area contributed by atoms with Gasteiger partial charge in [0.05, 0.1) is 12.2 Å². The fourth-order valence-corrected chi connectivity index (χ4v) is 2.85. The second-order valence-electron chi connectivity index (χ2n) is 5.17. The van der Waals surface area contributed by atoms with Crippen LogP contribution in [0.2, 0.25) is 0 Å². The first-order valence-corrected chi connectivity index (χ1v) is 5.42. The summed E-state index contributed by atoms with van der Waals surface area (Å²) in [4.78, 5) is 0. The predicted molar refractivity (Wildman–Crippen MR) is 50.4 cm³/mol. The highest BCUT2D eigenvalue weighted by atomic mass is 16.5. The lowest BCUT2D eigenvalue weighted by molar-refractivity contribution is -0.841. The van der Waals surface area contributed by atoms with Crippen molar-refractivity contribution in [2.75, 3.05) is 26.2 Å². The van der Waals surface area contributed by atoms with Gasteiger partial charge in [0.1, 0.15) is 19.6 Å². The number of quaternary nitrogens is 2.